The minimum Gasteiger partial charge on any atom is -0.493 e. The van der Waals surface area contributed by atoms with Gasteiger partial charge in [0.15, 0.2) is 0 Å². The van der Waals surface area contributed by atoms with Gasteiger partial charge in [0.25, 0.3) is 5.56 Å². The van der Waals surface area contributed by atoms with E-state index in [1.54, 1.807) is 0 Å². The van der Waals surface area contributed by atoms with E-state index in [0.29, 0.717) is 36.9 Å². The summed E-state index contributed by atoms with van der Waals surface area (Å²) >= 11 is 0. The van der Waals surface area contributed by atoms with Crippen molar-refractivity contribution in [2.75, 3.05) is 20.3 Å². The quantitative estimate of drug-likeness (QED) is 0.0975. The van der Waals surface area contributed by atoms with Crippen molar-refractivity contribution in [3.8, 4) is 17.0 Å². The number of hydrogen-bond acceptors (Lipinski definition) is 6. The van der Waals surface area contributed by atoms with Crippen molar-refractivity contribution < 1.29 is 23.0 Å². The summed E-state index contributed by atoms with van der Waals surface area (Å²) < 4.78 is 44.0. The predicted octanol–water partition coefficient (Wildman–Crippen LogP) is 6.87. The molecule has 1 saturated carbocycles. The summed E-state index contributed by atoms with van der Waals surface area (Å²) in [6.45, 7) is 3.34. The summed E-state index contributed by atoms with van der Waals surface area (Å²) in [4.78, 5) is 34.4. The Bertz CT molecular complexity index is 1900. The van der Waals surface area contributed by atoms with E-state index >= 15 is 0 Å². The first-order valence-corrected chi connectivity index (χ1v) is 16.0. The number of hydrogen-bond donors (Lipinski definition) is 0. The number of unbranched alkanes of at least 4 members (excludes halogenated alkanes) is 1. The van der Waals surface area contributed by atoms with Gasteiger partial charge in [0.2, 0.25) is 5.78 Å². The van der Waals surface area contributed by atoms with Gasteiger partial charge in [0.1, 0.15) is 22.9 Å². The molecule has 1 aliphatic carbocycles. The summed E-state index contributed by atoms with van der Waals surface area (Å²) in [6.07, 6.45) is 5.09. The topological polar surface area (TPSA) is 78.1 Å². The van der Waals surface area contributed by atoms with Crippen LogP contribution in [-0.4, -0.2) is 45.1 Å². The van der Waals surface area contributed by atoms with E-state index in [1.165, 1.54) is 46.2 Å². The molecule has 1 fully saturated rings. The molecule has 0 saturated heterocycles. The molecular weight excluding hydrogens is 602 g/mol. The monoisotopic (exact) mass is 640 g/mol. The molecular formula is C37H38F2N4O4. The lowest BCUT2D eigenvalue weighted by atomic mass is 10.1. The Labute approximate surface area is 272 Å². The zero-order valence-corrected chi connectivity index (χ0v) is 26.6. The van der Waals surface area contributed by atoms with E-state index in [9.17, 15) is 18.4 Å². The molecule has 0 unspecified atom stereocenters. The van der Waals surface area contributed by atoms with E-state index in [1.807, 2.05) is 73.5 Å². The third kappa shape index (κ3) is 7.44. The number of esters is 1. The van der Waals surface area contributed by atoms with Gasteiger partial charge in [-0.3, -0.25) is 9.69 Å². The summed E-state index contributed by atoms with van der Waals surface area (Å²) in [7, 11) is 1.93. The molecule has 1 aliphatic rings. The highest BCUT2D eigenvalue weighted by atomic mass is 19.1. The van der Waals surface area contributed by atoms with Gasteiger partial charge in [-0.05, 0) is 74.2 Å². The molecule has 10 heteroatoms. The molecule has 0 bridgehead atoms. The highest BCUT2D eigenvalue weighted by Crippen LogP contribution is 2.31. The second-order valence-electron chi connectivity index (χ2n) is 12.1. The summed E-state index contributed by atoms with van der Waals surface area (Å²) in [5.74, 6) is -0.804. The van der Waals surface area contributed by atoms with Crippen LogP contribution >= 0.6 is 0 Å². The van der Waals surface area contributed by atoms with Crippen molar-refractivity contribution >= 4 is 11.7 Å². The van der Waals surface area contributed by atoms with Crippen LogP contribution in [0.1, 0.15) is 59.8 Å². The van der Waals surface area contributed by atoms with Gasteiger partial charge in [-0.15, -0.1) is 0 Å². The minimum atomic E-state index is -0.802. The first kappa shape index (κ1) is 32.1. The Morgan fingerprint density at radius 1 is 0.979 bits per heavy atom. The lowest BCUT2D eigenvalue weighted by Crippen LogP contribution is -2.29. The van der Waals surface area contributed by atoms with Gasteiger partial charge in [-0.2, -0.15) is 0 Å². The Morgan fingerprint density at radius 3 is 2.38 bits per heavy atom. The molecule has 6 rings (SSSR count). The molecule has 0 N–H and O–H groups in total. The molecule has 8 nitrogen and oxygen atoms in total. The minimum absolute atomic E-state index is 0.145. The van der Waals surface area contributed by atoms with Crippen LogP contribution in [0.15, 0.2) is 83.8 Å². The van der Waals surface area contributed by atoms with E-state index in [4.69, 9.17) is 14.5 Å². The van der Waals surface area contributed by atoms with Crippen LogP contribution in [0.3, 0.4) is 0 Å². The van der Waals surface area contributed by atoms with Gasteiger partial charge in [-0.1, -0.05) is 49.7 Å². The first-order chi connectivity index (χ1) is 22.8. The van der Waals surface area contributed by atoms with Gasteiger partial charge < -0.3 is 14.0 Å². The third-order valence-electron chi connectivity index (χ3n) is 8.30. The van der Waals surface area contributed by atoms with Gasteiger partial charge in [-0.25, -0.2) is 23.0 Å². The van der Waals surface area contributed by atoms with Crippen LogP contribution in [0.2, 0.25) is 0 Å². The zero-order chi connectivity index (χ0) is 32.9. The number of halogens is 2. The molecule has 0 amide bonds. The zero-order valence-electron chi connectivity index (χ0n) is 26.6. The molecule has 3 aromatic carbocycles. The van der Waals surface area contributed by atoms with Crippen LogP contribution < -0.4 is 10.3 Å². The van der Waals surface area contributed by atoms with Crippen LogP contribution in [0, 0.1) is 17.6 Å². The van der Waals surface area contributed by atoms with Crippen LogP contribution in [0.25, 0.3) is 17.0 Å². The second kappa shape index (κ2) is 14.3. The van der Waals surface area contributed by atoms with Crippen LogP contribution in [0.5, 0.6) is 5.75 Å². The molecule has 0 atom stereocenters. The van der Waals surface area contributed by atoms with E-state index < -0.39 is 23.2 Å². The van der Waals surface area contributed by atoms with Gasteiger partial charge in [0, 0.05) is 30.4 Å². The normalized spacial score (nSPS) is 13.0. The van der Waals surface area contributed by atoms with E-state index in [0.717, 1.165) is 23.3 Å². The van der Waals surface area contributed by atoms with E-state index in [2.05, 4.69) is 0 Å². The van der Waals surface area contributed by atoms with Crippen molar-refractivity contribution in [1.29, 1.82) is 0 Å². The maximum Gasteiger partial charge on any atom is 0.345 e. The standard InChI is InChI=1S/C37H38F2N4O4/c1-3-4-19-46-36(45)30-22-42(21-29-31(38)11-8-12-32(29)39)37-40-34(27-15-17-28(18-16-27)47-24-26-13-14-26)33(43(37)35(30)44)23-41(2)20-25-9-6-5-7-10-25/h5-12,15-18,22,26H,3-4,13-14,19-21,23-24H2,1-2H3. The van der Waals surface area contributed by atoms with Crippen LogP contribution in [0.4, 0.5) is 8.78 Å². The molecule has 5 aromatic rings. The molecule has 0 radical (unpaired) electrons. The van der Waals surface area contributed by atoms with Crippen molar-refractivity contribution in [2.24, 2.45) is 5.92 Å². The maximum atomic E-state index is 14.9. The number of rotatable bonds is 14. The number of aromatic nitrogens is 3. The Kier molecular flexibility index (Phi) is 9.77. The molecule has 244 valence electrons. The van der Waals surface area contributed by atoms with Crippen LogP contribution in [-0.2, 0) is 24.4 Å². The molecule has 47 heavy (non-hydrogen) atoms. The SMILES string of the molecule is CCCCOC(=O)c1cn(Cc2c(F)cccc2F)c2nc(-c3ccc(OCC4CC4)cc3)c(CN(C)Cc3ccccc3)n2c1=O. The maximum absolute atomic E-state index is 14.9. The fourth-order valence-corrected chi connectivity index (χ4v) is 5.52. The summed E-state index contributed by atoms with van der Waals surface area (Å²) in [5.41, 5.74) is 1.77. The van der Waals surface area contributed by atoms with E-state index in [-0.39, 0.29) is 36.6 Å². The lowest BCUT2D eigenvalue weighted by Gasteiger charge is -2.18. The first-order valence-electron chi connectivity index (χ1n) is 16.0. The Balaban J connectivity index is 1.49. The number of carbonyl (C=O) groups excluding carboxylic acids is 1. The van der Waals surface area contributed by atoms with Crippen molar-refractivity contribution in [3.63, 3.8) is 0 Å². The number of benzene rings is 3. The fraction of sp³-hybridized carbons (Fsp3) is 0.324. The van der Waals surface area contributed by atoms with Gasteiger partial charge in [0.05, 0.1) is 31.1 Å². The lowest BCUT2D eigenvalue weighted by molar-refractivity contribution is 0.0496. The highest BCUT2D eigenvalue weighted by Gasteiger charge is 2.26. The van der Waals surface area contributed by atoms with Gasteiger partial charge >= 0.3 is 5.97 Å². The number of imidazole rings is 1. The molecule has 2 heterocycles. The van der Waals surface area contributed by atoms with Crippen molar-refractivity contribution in [2.45, 2.75) is 52.2 Å². The third-order valence-corrected chi connectivity index (χ3v) is 8.30. The van der Waals surface area contributed by atoms with Crippen molar-refractivity contribution in [3.05, 3.63) is 123 Å². The molecule has 2 aromatic heterocycles. The van der Waals surface area contributed by atoms with Crippen molar-refractivity contribution in [1.82, 2.24) is 18.9 Å². The number of carbonyl (C=O) groups is 1. The number of nitrogens with zero attached hydrogens (tertiary/aromatic N) is 4. The number of fused-ring (bicyclic) bond motifs is 1. The largest absolute Gasteiger partial charge is 0.493 e. The smallest absolute Gasteiger partial charge is 0.345 e. The Hall–Kier alpha value is -4.83. The molecule has 0 aliphatic heterocycles. The Morgan fingerprint density at radius 2 is 1.70 bits per heavy atom. The summed E-state index contributed by atoms with van der Waals surface area (Å²) in [6, 6.07) is 21.1. The fourth-order valence-electron chi connectivity index (χ4n) is 5.52. The predicted molar refractivity (Wildman–Crippen MR) is 175 cm³/mol. The highest BCUT2D eigenvalue weighted by molar-refractivity contribution is 5.89. The number of ether oxygens (including phenoxy) is 2. The summed E-state index contributed by atoms with van der Waals surface area (Å²) in [5, 5.41) is 0. The molecule has 0 spiro atoms. The second-order valence-corrected chi connectivity index (χ2v) is 12.1. The average molecular weight is 641 g/mol. The average Bonchev–Trinajstić information content (AvgIpc) is 3.83.